The molecule has 6 atom stereocenters. The lowest BCUT2D eigenvalue weighted by atomic mass is 9.72. The highest BCUT2D eigenvalue weighted by molar-refractivity contribution is 7.98. The van der Waals surface area contributed by atoms with E-state index in [1.807, 2.05) is 0 Å². The van der Waals surface area contributed by atoms with Crippen LogP contribution in [0.15, 0.2) is 114 Å². The number of thioether (sulfide) groups is 1. The van der Waals surface area contributed by atoms with E-state index < -0.39 is 0 Å². The number of rotatable bonds is 4. The number of allylic oxidation sites excluding steroid dienone is 4. The van der Waals surface area contributed by atoms with Crippen molar-refractivity contribution in [3.05, 3.63) is 175 Å². The lowest BCUT2D eigenvalue weighted by Gasteiger charge is -2.30. The van der Waals surface area contributed by atoms with E-state index in [1.165, 1.54) is 71.7 Å². The van der Waals surface area contributed by atoms with Crippen LogP contribution in [0.4, 0.5) is 0 Å². The Kier molecular flexibility index (Phi) is 7.55. The Hall–Kier alpha value is -3.88. The number of hydrogen-bond acceptors (Lipinski definition) is 1. The maximum atomic E-state index is 6.95. The first-order valence-corrected chi connectivity index (χ1v) is 19.9. The topological polar surface area (TPSA) is 0 Å². The normalized spacial score (nSPS) is 25.0. The van der Waals surface area contributed by atoms with Crippen molar-refractivity contribution in [2.75, 3.05) is 6.26 Å². The summed E-state index contributed by atoms with van der Waals surface area (Å²) in [5.41, 5.74) is 21.2. The van der Waals surface area contributed by atoms with Crippen LogP contribution in [-0.4, -0.2) is 29.8 Å². The molecule has 0 nitrogen and oxygen atoms in total. The molecule has 5 aromatic rings. The van der Waals surface area contributed by atoms with E-state index in [4.69, 9.17) is 23.5 Å². The number of benzene rings is 5. The summed E-state index contributed by atoms with van der Waals surface area (Å²) >= 11 is 1.80. The summed E-state index contributed by atoms with van der Waals surface area (Å²) in [5, 5.41) is 0. The summed E-state index contributed by atoms with van der Waals surface area (Å²) < 4.78 is 0. The molecule has 5 aromatic carbocycles. The predicted octanol–water partition coefficient (Wildman–Crippen LogP) is 7.94. The predicted molar refractivity (Wildman–Crippen MR) is 217 cm³/mol. The smallest absolute Gasteiger partial charge is 0.113 e. The Balaban J connectivity index is 1.32. The second-order valence-corrected chi connectivity index (χ2v) is 16.7. The highest BCUT2D eigenvalue weighted by Crippen LogP contribution is 2.62. The second kappa shape index (κ2) is 12.1. The van der Waals surface area contributed by atoms with Crippen LogP contribution in [0.5, 0.6) is 0 Å². The fourth-order valence-electron chi connectivity index (χ4n) is 11.1. The molecule has 5 aliphatic carbocycles. The molecule has 0 spiro atoms. The van der Waals surface area contributed by atoms with E-state index in [2.05, 4.69) is 116 Å². The fraction of sp³-hybridized carbons (Fsp3) is 0.277. The standard InChI is InChI=1S/C47H39B3S/c1-25-8-10-27(11-9-25)37-20-30-17-34(50)24-41-44(30)46(37)40-23-32(48)16-29-19-36(26-6-4-3-5-7-26)45(42(29)40)39-22-33(49)18-31-21-38(47(41)43(31)39)28-12-14-35(51-2)15-13-28/h3-4,6,8-18,22-24,36-38,45-47H,5,7,19-21H2,1-2H3. The third kappa shape index (κ3) is 4.99. The van der Waals surface area contributed by atoms with Gasteiger partial charge in [0.2, 0.25) is 0 Å². The van der Waals surface area contributed by atoms with Crippen molar-refractivity contribution in [2.45, 2.75) is 73.5 Å². The maximum absolute atomic E-state index is 6.95. The SMILES string of the molecule is [B]c1cc2c3c(c1)C1c4c(cc([B])cc4C4c5c(cc([B])cc5C3C(c3ccc(SC)cc3)C2)CC4c2ccc(C)cc2)CC1C1=CC=CCC1. The average Bonchev–Trinajstić information content (AvgIpc) is 3.83. The van der Waals surface area contributed by atoms with Crippen LogP contribution < -0.4 is 16.4 Å². The van der Waals surface area contributed by atoms with Crippen LogP contribution >= 0.6 is 11.8 Å². The van der Waals surface area contributed by atoms with E-state index in [9.17, 15) is 0 Å². The zero-order valence-corrected chi connectivity index (χ0v) is 30.3. The molecule has 0 bridgehead atoms. The molecular weight excluding hydrogens is 629 g/mol. The Labute approximate surface area is 311 Å². The average molecular weight is 668 g/mol. The van der Waals surface area contributed by atoms with Gasteiger partial charge in [-0.2, -0.15) is 0 Å². The van der Waals surface area contributed by atoms with E-state index in [-0.39, 0.29) is 29.6 Å². The zero-order chi connectivity index (χ0) is 34.5. The summed E-state index contributed by atoms with van der Waals surface area (Å²) in [7, 11) is 20.9. The first-order chi connectivity index (χ1) is 24.9. The molecule has 0 saturated heterocycles. The molecule has 242 valence electrons. The molecule has 0 aromatic heterocycles. The van der Waals surface area contributed by atoms with Crippen LogP contribution in [0.1, 0.15) is 109 Å². The Morgan fingerprint density at radius 1 is 0.569 bits per heavy atom. The van der Waals surface area contributed by atoms with Gasteiger partial charge in [0, 0.05) is 22.6 Å². The Bertz CT molecular complexity index is 2300. The van der Waals surface area contributed by atoms with Gasteiger partial charge in [0.25, 0.3) is 0 Å². The summed E-state index contributed by atoms with van der Waals surface area (Å²) in [5.74, 6) is 1.48. The zero-order valence-electron chi connectivity index (χ0n) is 29.5. The van der Waals surface area contributed by atoms with Gasteiger partial charge in [-0.15, -0.1) is 11.8 Å². The largest absolute Gasteiger partial charge is 0.130 e. The van der Waals surface area contributed by atoms with Gasteiger partial charge in [0.15, 0.2) is 0 Å². The summed E-state index contributed by atoms with van der Waals surface area (Å²) in [6.45, 7) is 2.18. The van der Waals surface area contributed by atoms with Crippen LogP contribution in [-0.2, 0) is 19.3 Å². The van der Waals surface area contributed by atoms with Crippen LogP contribution in [0, 0.1) is 12.8 Å². The Morgan fingerprint density at radius 2 is 1.02 bits per heavy atom. The van der Waals surface area contributed by atoms with Crippen molar-refractivity contribution in [3.8, 4) is 0 Å². The molecule has 51 heavy (non-hydrogen) atoms. The molecule has 0 N–H and O–H groups in total. The van der Waals surface area contributed by atoms with Gasteiger partial charge in [-0.1, -0.05) is 119 Å². The lowest BCUT2D eigenvalue weighted by Crippen LogP contribution is -2.20. The maximum Gasteiger partial charge on any atom is 0.113 e. The molecule has 0 amide bonds. The second-order valence-electron chi connectivity index (χ2n) is 15.8. The van der Waals surface area contributed by atoms with Crippen molar-refractivity contribution < 1.29 is 0 Å². The van der Waals surface area contributed by atoms with Crippen molar-refractivity contribution in [1.29, 1.82) is 0 Å². The fourth-order valence-corrected chi connectivity index (χ4v) is 11.5. The molecule has 5 aliphatic rings. The van der Waals surface area contributed by atoms with Crippen LogP contribution in [0.3, 0.4) is 0 Å². The highest BCUT2D eigenvalue weighted by Gasteiger charge is 2.49. The van der Waals surface area contributed by atoms with Gasteiger partial charge >= 0.3 is 0 Å². The highest BCUT2D eigenvalue weighted by atomic mass is 32.2. The molecule has 6 unspecified atom stereocenters. The van der Waals surface area contributed by atoms with Gasteiger partial charge in [-0.3, -0.25) is 0 Å². The molecule has 10 rings (SSSR count). The van der Waals surface area contributed by atoms with Gasteiger partial charge in [0.05, 0.1) is 0 Å². The molecule has 0 saturated carbocycles. The van der Waals surface area contributed by atoms with Crippen molar-refractivity contribution in [2.24, 2.45) is 5.92 Å². The summed E-state index contributed by atoms with van der Waals surface area (Å²) in [4.78, 5) is 1.30. The number of aryl methyl sites for hydroxylation is 1. The van der Waals surface area contributed by atoms with Crippen LogP contribution in [0.2, 0.25) is 0 Å². The minimum atomic E-state index is 0.170. The van der Waals surface area contributed by atoms with Gasteiger partial charge < -0.3 is 0 Å². The van der Waals surface area contributed by atoms with Gasteiger partial charge in [-0.25, -0.2) is 0 Å². The van der Waals surface area contributed by atoms with E-state index in [0.717, 1.165) is 48.5 Å². The number of fused-ring (bicyclic) bond motifs is 3. The minimum absolute atomic E-state index is 0.170. The molecule has 4 heteroatoms. The van der Waals surface area contributed by atoms with Crippen molar-refractivity contribution in [1.82, 2.24) is 0 Å². The monoisotopic (exact) mass is 668 g/mol. The van der Waals surface area contributed by atoms with Gasteiger partial charge in [0.1, 0.15) is 23.5 Å². The molecule has 0 heterocycles. The molecule has 0 fully saturated rings. The van der Waals surface area contributed by atoms with Gasteiger partial charge in [-0.05, 0) is 136 Å². The Morgan fingerprint density at radius 3 is 1.47 bits per heavy atom. The molecular formula is C47H39B3S. The third-order valence-electron chi connectivity index (χ3n) is 13.0. The summed E-state index contributed by atoms with van der Waals surface area (Å²) in [6, 6.07) is 32.6. The quantitative estimate of drug-likeness (QED) is 0.139. The third-order valence-corrected chi connectivity index (χ3v) is 13.7. The first-order valence-electron chi connectivity index (χ1n) is 18.7. The molecule has 0 aliphatic heterocycles. The first kappa shape index (κ1) is 31.8. The van der Waals surface area contributed by atoms with Crippen LogP contribution in [0.25, 0.3) is 0 Å². The van der Waals surface area contributed by atoms with E-state index in [1.54, 1.807) is 17.3 Å². The van der Waals surface area contributed by atoms with E-state index in [0.29, 0.717) is 5.92 Å². The number of hydrogen-bond donors (Lipinski definition) is 0. The van der Waals surface area contributed by atoms with E-state index >= 15 is 0 Å². The summed E-state index contributed by atoms with van der Waals surface area (Å²) in [6.07, 6.45) is 14.3. The van der Waals surface area contributed by atoms with Crippen molar-refractivity contribution >= 4 is 51.7 Å². The molecule has 6 radical (unpaired) electrons. The minimum Gasteiger partial charge on any atom is -0.130 e. The van der Waals surface area contributed by atoms with Crippen molar-refractivity contribution in [3.63, 3.8) is 0 Å². The lowest BCUT2D eigenvalue weighted by molar-refractivity contribution is 0.551.